The smallest absolute Gasteiger partial charge is 0.0942 e. The van der Waals surface area contributed by atoms with E-state index in [-0.39, 0.29) is 6.04 Å². The first-order valence-corrected chi connectivity index (χ1v) is 6.39. The fourth-order valence-corrected chi connectivity index (χ4v) is 1.92. The lowest BCUT2D eigenvalue weighted by atomic mass is 10.00. The van der Waals surface area contributed by atoms with Crippen molar-refractivity contribution in [3.63, 3.8) is 0 Å². The van der Waals surface area contributed by atoms with E-state index in [0.717, 1.165) is 17.7 Å². The van der Waals surface area contributed by atoms with Gasteiger partial charge < -0.3 is 15.3 Å². The number of rotatable bonds is 7. The Morgan fingerprint density at radius 1 is 1.33 bits per heavy atom. The van der Waals surface area contributed by atoms with Gasteiger partial charge >= 0.3 is 0 Å². The quantitative estimate of drug-likeness (QED) is 0.727. The standard InChI is InChI=1S/C15H24N2O/c1-5-11-16-14(6-2)15(18)12-7-9-13(10-8-12)17(3)4/h5,7-10,14-16,18H,1,6,11H2,2-4H3. The van der Waals surface area contributed by atoms with Gasteiger partial charge in [-0.25, -0.2) is 0 Å². The van der Waals surface area contributed by atoms with Crippen LogP contribution in [0.2, 0.25) is 0 Å². The summed E-state index contributed by atoms with van der Waals surface area (Å²) in [4.78, 5) is 2.05. The third kappa shape index (κ3) is 3.86. The summed E-state index contributed by atoms with van der Waals surface area (Å²) in [6, 6.07) is 8.09. The summed E-state index contributed by atoms with van der Waals surface area (Å²) in [6.07, 6.45) is 2.21. The van der Waals surface area contributed by atoms with Crippen LogP contribution in [-0.4, -0.2) is 31.8 Å². The van der Waals surface area contributed by atoms with E-state index in [2.05, 4.69) is 18.8 Å². The maximum absolute atomic E-state index is 10.3. The summed E-state index contributed by atoms with van der Waals surface area (Å²) in [7, 11) is 4.01. The molecule has 0 fully saturated rings. The zero-order valence-corrected chi connectivity index (χ0v) is 11.6. The van der Waals surface area contributed by atoms with E-state index in [0.29, 0.717) is 6.54 Å². The van der Waals surface area contributed by atoms with Crippen molar-refractivity contribution < 1.29 is 5.11 Å². The molecule has 0 aliphatic heterocycles. The lowest BCUT2D eigenvalue weighted by Gasteiger charge is -2.23. The molecule has 0 spiro atoms. The number of benzene rings is 1. The van der Waals surface area contributed by atoms with Crippen molar-refractivity contribution in [1.29, 1.82) is 0 Å². The van der Waals surface area contributed by atoms with Gasteiger partial charge in [0, 0.05) is 32.4 Å². The molecule has 2 N–H and O–H groups in total. The molecule has 1 rings (SSSR count). The predicted octanol–water partition coefficient (Wildman–Crippen LogP) is 2.34. The lowest BCUT2D eigenvalue weighted by Crippen LogP contribution is -2.34. The van der Waals surface area contributed by atoms with E-state index >= 15 is 0 Å². The zero-order valence-electron chi connectivity index (χ0n) is 11.6. The third-order valence-corrected chi connectivity index (χ3v) is 3.10. The van der Waals surface area contributed by atoms with Gasteiger partial charge in [0.05, 0.1) is 6.10 Å². The highest BCUT2D eigenvalue weighted by molar-refractivity contribution is 5.46. The topological polar surface area (TPSA) is 35.5 Å². The minimum Gasteiger partial charge on any atom is -0.387 e. The molecule has 0 radical (unpaired) electrons. The molecule has 3 heteroatoms. The van der Waals surface area contributed by atoms with Crippen molar-refractivity contribution in [2.75, 3.05) is 25.5 Å². The van der Waals surface area contributed by atoms with Gasteiger partial charge in [-0.05, 0) is 24.1 Å². The molecule has 18 heavy (non-hydrogen) atoms. The maximum Gasteiger partial charge on any atom is 0.0942 e. The molecule has 0 heterocycles. The minimum atomic E-state index is -0.480. The second-order valence-corrected chi connectivity index (χ2v) is 4.64. The van der Waals surface area contributed by atoms with Crippen molar-refractivity contribution in [2.45, 2.75) is 25.5 Å². The van der Waals surface area contributed by atoms with Crippen molar-refractivity contribution in [3.05, 3.63) is 42.5 Å². The van der Waals surface area contributed by atoms with Crippen LogP contribution in [0.5, 0.6) is 0 Å². The van der Waals surface area contributed by atoms with Gasteiger partial charge in [0.25, 0.3) is 0 Å². The number of anilines is 1. The van der Waals surface area contributed by atoms with Crippen LogP contribution >= 0.6 is 0 Å². The van der Waals surface area contributed by atoms with Crippen molar-refractivity contribution in [1.82, 2.24) is 5.32 Å². The highest BCUT2D eigenvalue weighted by Crippen LogP contribution is 2.21. The average molecular weight is 248 g/mol. The van der Waals surface area contributed by atoms with Crippen LogP contribution in [0.3, 0.4) is 0 Å². The van der Waals surface area contributed by atoms with Crippen LogP contribution < -0.4 is 10.2 Å². The normalized spacial score (nSPS) is 14.0. The summed E-state index contributed by atoms with van der Waals surface area (Å²) in [6.45, 7) is 6.46. The van der Waals surface area contributed by atoms with E-state index in [9.17, 15) is 5.11 Å². The molecule has 3 nitrogen and oxygen atoms in total. The summed E-state index contributed by atoms with van der Waals surface area (Å²) in [5, 5.41) is 13.6. The van der Waals surface area contributed by atoms with Crippen LogP contribution in [-0.2, 0) is 0 Å². The van der Waals surface area contributed by atoms with E-state index in [4.69, 9.17) is 0 Å². The zero-order chi connectivity index (χ0) is 13.5. The molecule has 0 saturated carbocycles. The van der Waals surface area contributed by atoms with Gasteiger partial charge in [0.1, 0.15) is 0 Å². The largest absolute Gasteiger partial charge is 0.387 e. The number of hydrogen-bond donors (Lipinski definition) is 2. The first-order valence-electron chi connectivity index (χ1n) is 6.39. The van der Waals surface area contributed by atoms with Crippen molar-refractivity contribution >= 4 is 5.69 Å². The summed E-state index contributed by atoms with van der Waals surface area (Å²) < 4.78 is 0. The molecular formula is C15H24N2O. The Morgan fingerprint density at radius 3 is 2.39 bits per heavy atom. The number of aliphatic hydroxyl groups excluding tert-OH is 1. The molecule has 1 aromatic rings. The lowest BCUT2D eigenvalue weighted by molar-refractivity contribution is 0.128. The van der Waals surface area contributed by atoms with E-state index in [1.807, 2.05) is 49.3 Å². The first-order chi connectivity index (χ1) is 8.60. The summed E-state index contributed by atoms with van der Waals surface area (Å²) in [5.74, 6) is 0. The molecule has 1 aromatic carbocycles. The number of nitrogens with zero attached hydrogens (tertiary/aromatic N) is 1. The molecule has 0 saturated heterocycles. The number of hydrogen-bond acceptors (Lipinski definition) is 3. The van der Waals surface area contributed by atoms with E-state index in [1.54, 1.807) is 0 Å². The van der Waals surface area contributed by atoms with Crippen LogP contribution in [0.15, 0.2) is 36.9 Å². The highest BCUT2D eigenvalue weighted by atomic mass is 16.3. The first kappa shape index (κ1) is 14.7. The Kier molecular flexibility index (Phi) is 5.89. The Hall–Kier alpha value is -1.32. The molecule has 0 amide bonds. The van der Waals surface area contributed by atoms with Crippen LogP contribution in [0.25, 0.3) is 0 Å². The number of aliphatic hydroxyl groups is 1. The van der Waals surface area contributed by atoms with Gasteiger partial charge in [-0.2, -0.15) is 0 Å². The van der Waals surface area contributed by atoms with Crippen LogP contribution in [0.1, 0.15) is 25.0 Å². The second kappa shape index (κ2) is 7.19. The Bertz CT molecular complexity index is 359. The van der Waals surface area contributed by atoms with Gasteiger partial charge in [0.2, 0.25) is 0 Å². The SMILES string of the molecule is C=CCNC(CC)C(O)c1ccc(N(C)C)cc1. The predicted molar refractivity (Wildman–Crippen MR) is 78.0 cm³/mol. The Morgan fingerprint density at radius 2 is 1.94 bits per heavy atom. The van der Waals surface area contributed by atoms with Gasteiger partial charge in [0.15, 0.2) is 0 Å². The minimum absolute atomic E-state index is 0.0632. The van der Waals surface area contributed by atoms with Crippen molar-refractivity contribution in [3.8, 4) is 0 Å². The molecule has 0 aliphatic rings. The third-order valence-electron chi connectivity index (χ3n) is 3.10. The maximum atomic E-state index is 10.3. The molecule has 0 aliphatic carbocycles. The molecule has 100 valence electrons. The molecule has 2 atom stereocenters. The Labute approximate surface area is 110 Å². The fourth-order valence-electron chi connectivity index (χ4n) is 1.92. The highest BCUT2D eigenvalue weighted by Gasteiger charge is 2.18. The number of nitrogens with one attached hydrogen (secondary N) is 1. The monoisotopic (exact) mass is 248 g/mol. The fraction of sp³-hybridized carbons (Fsp3) is 0.467. The van der Waals surface area contributed by atoms with E-state index < -0.39 is 6.10 Å². The molecule has 0 aromatic heterocycles. The van der Waals surface area contributed by atoms with Crippen molar-refractivity contribution in [2.24, 2.45) is 0 Å². The van der Waals surface area contributed by atoms with E-state index in [1.165, 1.54) is 0 Å². The summed E-state index contributed by atoms with van der Waals surface area (Å²) >= 11 is 0. The summed E-state index contributed by atoms with van der Waals surface area (Å²) in [5.41, 5.74) is 2.09. The second-order valence-electron chi connectivity index (χ2n) is 4.64. The Balaban J connectivity index is 2.74. The van der Waals surface area contributed by atoms with Crippen LogP contribution in [0, 0.1) is 0 Å². The average Bonchev–Trinajstić information content (AvgIpc) is 2.39. The van der Waals surface area contributed by atoms with Crippen LogP contribution in [0.4, 0.5) is 5.69 Å². The van der Waals surface area contributed by atoms with Gasteiger partial charge in [-0.3, -0.25) is 0 Å². The van der Waals surface area contributed by atoms with Gasteiger partial charge in [-0.15, -0.1) is 6.58 Å². The molecular weight excluding hydrogens is 224 g/mol. The van der Waals surface area contributed by atoms with Gasteiger partial charge in [-0.1, -0.05) is 25.1 Å². The molecule has 0 bridgehead atoms. The molecule has 2 unspecified atom stereocenters.